The van der Waals surface area contributed by atoms with Gasteiger partial charge in [0.25, 0.3) is 0 Å². The van der Waals surface area contributed by atoms with Gasteiger partial charge in [-0.2, -0.15) is 0 Å². The monoisotopic (exact) mass is 632 g/mol. The number of aryl methyl sites for hydroxylation is 3. The average Bonchev–Trinajstić information content (AvgIpc) is 3.51. The molecule has 4 aromatic rings. The number of hydrogen-bond acceptors (Lipinski definition) is 3. The number of nitrogens with one attached hydrogen (secondary N) is 2. The van der Waals surface area contributed by atoms with E-state index in [1.54, 1.807) is 0 Å². The maximum Gasteiger partial charge on any atom is 0.232 e. The minimum absolute atomic E-state index is 0.220. The van der Waals surface area contributed by atoms with E-state index in [2.05, 4.69) is 124 Å². The van der Waals surface area contributed by atoms with Gasteiger partial charge >= 0.3 is 0 Å². The van der Waals surface area contributed by atoms with E-state index in [1.807, 2.05) is 12.4 Å². The van der Waals surface area contributed by atoms with Crippen LogP contribution in [0.1, 0.15) is 107 Å². The van der Waals surface area contributed by atoms with Gasteiger partial charge in [-0.1, -0.05) is 51.0 Å². The number of aromatic nitrogens is 2. The largest absolute Gasteiger partial charge is 0.354 e. The Morgan fingerprint density at radius 2 is 1.74 bits per heavy atom. The highest BCUT2D eigenvalue weighted by Gasteiger charge is 2.53. The van der Waals surface area contributed by atoms with Crippen molar-refractivity contribution in [3.8, 4) is 11.3 Å². The molecule has 2 unspecified atom stereocenters. The third-order valence-electron chi connectivity index (χ3n) is 11.0. The second kappa shape index (κ2) is 12.9. The number of rotatable bonds is 11. The van der Waals surface area contributed by atoms with Crippen LogP contribution in [0.25, 0.3) is 22.2 Å². The first kappa shape index (κ1) is 33.5. The Morgan fingerprint density at radius 1 is 1.02 bits per heavy atom. The van der Waals surface area contributed by atoms with E-state index in [9.17, 15) is 4.79 Å². The Balaban J connectivity index is 1.27. The summed E-state index contributed by atoms with van der Waals surface area (Å²) in [6.07, 6.45) is 10.6. The van der Waals surface area contributed by atoms with Gasteiger partial charge in [0.2, 0.25) is 5.91 Å². The Kier molecular flexibility index (Phi) is 9.17. The van der Waals surface area contributed by atoms with Gasteiger partial charge < -0.3 is 15.2 Å². The summed E-state index contributed by atoms with van der Waals surface area (Å²) in [5.41, 5.74) is 9.78. The maximum atomic E-state index is 14.4. The SMILES string of the molecule is Cc1cc(C)cc(-c2[nH]c3ccc(C(C)(C)C(=O)N4CC5(C)CC4CC(C)(C)C5)cc3c2[C@H](C)CNCCCCc2ccncc2)c1. The second-order valence-electron chi connectivity index (χ2n) is 16.7. The molecule has 47 heavy (non-hydrogen) atoms. The van der Waals surface area contributed by atoms with Crippen LogP contribution in [0.3, 0.4) is 0 Å². The molecule has 2 aromatic heterocycles. The van der Waals surface area contributed by atoms with Crippen LogP contribution in [0.5, 0.6) is 0 Å². The molecule has 6 rings (SSSR count). The van der Waals surface area contributed by atoms with Crippen molar-refractivity contribution in [2.75, 3.05) is 19.6 Å². The molecule has 0 radical (unpaired) electrons. The van der Waals surface area contributed by atoms with E-state index in [4.69, 9.17) is 0 Å². The van der Waals surface area contributed by atoms with Crippen LogP contribution in [-0.2, 0) is 16.6 Å². The van der Waals surface area contributed by atoms with Gasteiger partial charge in [-0.3, -0.25) is 9.78 Å². The Bertz CT molecular complexity index is 1710. The van der Waals surface area contributed by atoms with E-state index >= 15 is 0 Å². The fraction of sp³-hybridized carbons (Fsp3) is 0.524. The minimum Gasteiger partial charge on any atom is -0.354 e. The van der Waals surface area contributed by atoms with Crippen LogP contribution < -0.4 is 5.32 Å². The molecule has 2 fully saturated rings. The molecular formula is C42H56N4O. The van der Waals surface area contributed by atoms with Crippen molar-refractivity contribution in [2.24, 2.45) is 10.8 Å². The number of hydrogen-bond donors (Lipinski definition) is 2. The molecule has 1 saturated carbocycles. The zero-order valence-electron chi connectivity index (χ0n) is 30.1. The van der Waals surface area contributed by atoms with E-state index < -0.39 is 5.41 Å². The van der Waals surface area contributed by atoms with Crippen molar-refractivity contribution in [2.45, 2.75) is 111 Å². The molecule has 1 aliphatic carbocycles. The quantitative estimate of drug-likeness (QED) is 0.162. The molecule has 2 bridgehead atoms. The Morgan fingerprint density at radius 3 is 2.47 bits per heavy atom. The van der Waals surface area contributed by atoms with E-state index in [0.717, 1.165) is 62.8 Å². The summed E-state index contributed by atoms with van der Waals surface area (Å²) >= 11 is 0. The highest BCUT2D eigenvalue weighted by Crippen LogP contribution is 2.53. The number of nitrogens with zero attached hydrogens (tertiary/aromatic N) is 2. The molecule has 3 heterocycles. The lowest BCUT2D eigenvalue weighted by Crippen LogP contribution is -2.46. The van der Waals surface area contributed by atoms with E-state index in [-0.39, 0.29) is 22.7 Å². The van der Waals surface area contributed by atoms with Crippen molar-refractivity contribution in [1.82, 2.24) is 20.2 Å². The first-order valence-corrected chi connectivity index (χ1v) is 17.9. The number of likely N-dealkylation sites (tertiary alicyclic amines) is 1. The fourth-order valence-corrected chi connectivity index (χ4v) is 9.19. The third kappa shape index (κ3) is 7.06. The maximum absolute atomic E-state index is 14.4. The highest BCUT2D eigenvalue weighted by molar-refractivity contribution is 5.94. The normalized spacial score (nSPS) is 21.4. The zero-order valence-corrected chi connectivity index (χ0v) is 30.1. The predicted molar refractivity (Wildman–Crippen MR) is 196 cm³/mol. The Hall–Kier alpha value is -3.44. The summed E-state index contributed by atoms with van der Waals surface area (Å²) in [5, 5.41) is 5.00. The summed E-state index contributed by atoms with van der Waals surface area (Å²) in [6, 6.07) is 18.1. The van der Waals surface area contributed by atoms with E-state index in [0.29, 0.717) is 6.04 Å². The molecule has 2 N–H and O–H groups in total. The molecule has 1 amide bonds. The highest BCUT2D eigenvalue weighted by atomic mass is 16.2. The van der Waals surface area contributed by atoms with E-state index in [1.165, 1.54) is 45.3 Å². The van der Waals surface area contributed by atoms with Crippen molar-refractivity contribution < 1.29 is 4.79 Å². The van der Waals surface area contributed by atoms with Crippen LogP contribution in [0.4, 0.5) is 0 Å². The predicted octanol–water partition coefficient (Wildman–Crippen LogP) is 9.27. The van der Waals surface area contributed by atoms with Gasteiger partial charge in [-0.25, -0.2) is 0 Å². The average molecular weight is 633 g/mol. The molecule has 2 aliphatic rings. The number of carbonyl (C=O) groups is 1. The Labute approximate surface area is 283 Å². The van der Waals surface area contributed by atoms with Gasteiger partial charge in [-0.05, 0) is 148 Å². The van der Waals surface area contributed by atoms with Crippen molar-refractivity contribution in [3.63, 3.8) is 0 Å². The molecule has 5 nitrogen and oxygen atoms in total. The molecule has 3 atom stereocenters. The third-order valence-corrected chi connectivity index (χ3v) is 11.0. The minimum atomic E-state index is -0.614. The van der Waals surface area contributed by atoms with Crippen molar-refractivity contribution >= 4 is 16.8 Å². The molecule has 250 valence electrons. The molecule has 5 heteroatoms. The van der Waals surface area contributed by atoms with Gasteiger partial charge in [0.05, 0.1) is 11.1 Å². The molecule has 1 saturated heterocycles. The number of pyridine rings is 1. The number of fused-ring (bicyclic) bond motifs is 3. The van der Waals surface area contributed by atoms with Crippen molar-refractivity contribution in [1.29, 1.82) is 0 Å². The first-order valence-electron chi connectivity index (χ1n) is 17.9. The number of H-pyrrole nitrogens is 1. The number of unbranched alkanes of at least 4 members (excludes halogenated alkanes) is 1. The lowest BCUT2D eigenvalue weighted by atomic mass is 9.65. The molecule has 2 aromatic carbocycles. The van der Waals surface area contributed by atoms with Crippen LogP contribution in [0.2, 0.25) is 0 Å². The fourth-order valence-electron chi connectivity index (χ4n) is 9.19. The van der Waals surface area contributed by atoms with Crippen molar-refractivity contribution in [3.05, 3.63) is 88.7 Å². The van der Waals surface area contributed by atoms with Crippen LogP contribution >= 0.6 is 0 Å². The lowest BCUT2D eigenvalue weighted by molar-refractivity contribution is -0.137. The van der Waals surface area contributed by atoms with Gasteiger partial charge in [-0.15, -0.1) is 0 Å². The van der Waals surface area contributed by atoms with Gasteiger partial charge in [0.1, 0.15) is 0 Å². The summed E-state index contributed by atoms with van der Waals surface area (Å²) in [5.74, 6) is 0.560. The lowest BCUT2D eigenvalue weighted by Gasteiger charge is -2.40. The first-order chi connectivity index (χ1) is 22.2. The summed E-state index contributed by atoms with van der Waals surface area (Å²) < 4.78 is 0. The number of amides is 1. The number of benzene rings is 2. The summed E-state index contributed by atoms with van der Waals surface area (Å²) in [7, 11) is 0. The standard InChI is InChI=1S/C42H56N4O/c1-28-19-29(2)21-32(20-28)38-37(30(3)25-44-16-10-9-11-31-14-17-43-18-15-31)35-22-33(12-13-36(35)45-38)41(6,7)39(47)46-27-42(8)24-34(46)23-40(4,5)26-42/h12-15,17-22,30,34,44-45H,9-11,16,23-27H2,1-8H3/t30-,34?,42?/m1/s1. The summed E-state index contributed by atoms with van der Waals surface area (Å²) in [6.45, 7) is 20.9. The summed E-state index contributed by atoms with van der Waals surface area (Å²) in [4.78, 5) is 24.7. The molecule has 0 spiro atoms. The molecular weight excluding hydrogens is 576 g/mol. The van der Waals surface area contributed by atoms with Gasteiger partial charge in [0, 0.05) is 42.4 Å². The molecule has 1 aliphatic heterocycles. The van der Waals surface area contributed by atoms with Gasteiger partial charge in [0.15, 0.2) is 0 Å². The number of carbonyl (C=O) groups excluding carboxylic acids is 1. The smallest absolute Gasteiger partial charge is 0.232 e. The topological polar surface area (TPSA) is 61.0 Å². The second-order valence-corrected chi connectivity index (χ2v) is 16.7. The van der Waals surface area contributed by atoms with Crippen LogP contribution in [-0.4, -0.2) is 46.5 Å². The zero-order chi connectivity index (χ0) is 33.6. The van der Waals surface area contributed by atoms with Crippen LogP contribution in [0.15, 0.2) is 60.9 Å². The number of aromatic amines is 1. The van der Waals surface area contributed by atoms with Crippen LogP contribution in [0, 0.1) is 24.7 Å².